The first-order valence-electron chi connectivity index (χ1n) is 8.02. The second kappa shape index (κ2) is 8.24. The van der Waals surface area contributed by atoms with Crippen molar-refractivity contribution in [2.75, 3.05) is 18.0 Å². The van der Waals surface area contributed by atoms with Gasteiger partial charge in [-0.15, -0.1) is 0 Å². The molecule has 0 aliphatic carbocycles. The summed E-state index contributed by atoms with van der Waals surface area (Å²) in [6.07, 6.45) is 3.96. The number of thioether (sulfide) groups is 1. The van der Waals surface area contributed by atoms with Crippen LogP contribution in [0.3, 0.4) is 0 Å². The van der Waals surface area contributed by atoms with Crippen LogP contribution in [-0.2, 0) is 6.54 Å². The van der Waals surface area contributed by atoms with E-state index >= 15 is 0 Å². The summed E-state index contributed by atoms with van der Waals surface area (Å²) in [5.41, 5.74) is 0.225. The van der Waals surface area contributed by atoms with Gasteiger partial charge in [-0.1, -0.05) is 23.9 Å². The number of hydrogen-bond donors (Lipinski definition) is 1. The van der Waals surface area contributed by atoms with E-state index < -0.39 is 11.7 Å². The number of halogens is 2. The van der Waals surface area contributed by atoms with Crippen LogP contribution >= 0.6 is 11.8 Å². The Morgan fingerprint density at radius 2 is 2.00 bits per heavy atom. The van der Waals surface area contributed by atoms with E-state index in [9.17, 15) is 13.6 Å². The molecule has 1 fully saturated rings. The summed E-state index contributed by atoms with van der Waals surface area (Å²) in [4.78, 5) is 23.4. The third-order valence-electron chi connectivity index (χ3n) is 3.88. The lowest BCUT2D eigenvalue weighted by Gasteiger charge is -2.16. The maximum atomic E-state index is 12.6. The van der Waals surface area contributed by atoms with Crippen LogP contribution < -0.4 is 10.2 Å². The van der Waals surface area contributed by atoms with E-state index in [0.29, 0.717) is 17.6 Å². The van der Waals surface area contributed by atoms with Gasteiger partial charge < -0.3 is 10.2 Å². The average molecular weight is 364 g/mol. The number of nitrogens with one attached hydrogen (secondary N) is 1. The van der Waals surface area contributed by atoms with Crippen molar-refractivity contribution in [2.24, 2.45) is 0 Å². The van der Waals surface area contributed by atoms with Crippen molar-refractivity contribution >= 4 is 23.5 Å². The van der Waals surface area contributed by atoms with E-state index in [4.69, 9.17) is 0 Å². The highest BCUT2D eigenvalue weighted by atomic mass is 32.2. The maximum absolute atomic E-state index is 12.6. The number of anilines is 1. The monoisotopic (exact) mass is 364 g/mol. The van der Waals surface area contributed by atoms with Crippen LogP contribution in [0.15, 0.2) is 41.4 Å². The minimum atomic E-state index is -2.57. The standard InChI is InChI=1S/C17H18F2N4OS/c18-17(19)25-13-6-2-1-5-12(13)16(24)21-11-14-20-8-7-15(22-14)23-9-3-4-10-23/h1-2,5-8,17H,3-4,9-11H2,(H,21,24). The zero-order valence-corrected chi connectivity index (χ0v) is 14.3. The van der Waals surface area contributed by atoms with Gasteiger partial charge in [0, 0.05) is 24.2 Å². The Hall–Kier alpha value is -2.22. The van der Waals surface area contributed by atoms with Crippen molar-refractivity contribution in [3.8, 4) is 0 Å². The Labute approximate surface area is 148 Å². The van der Waals surface area contributed by atoms with Crippen molar-refractivity contribution in [1.82, 2.24) is 15.3 Å². The van der Waals surface area contributed by atoms with Gasteiger partial charge in [0.15, 0.2) is 0 Å². The van der Waals surface area contributed by atoms with Crippen LogP contribution in [0.2, 0.25) is 0 Å². The summed E-state index contributed by atoms with van der Waals surface area (Å²) in [7, 11) is 0. The summed E-state index contributed by atoms with van der Waals surface area (Å²) >= 11 is 0.362. The number of carbonyl (C=O) groups is 1. The molecule has 2 aromatic rings. The van der Waals surface area contributed by atoms with Gasteiger partial charge in [-0.3, -0.25) is 4.79 Å². The summed E-state index contributed by atoms with van der Waals surface area (Å²) in [5.74, 6) is -1.64. The molecule has 1 aromatic heterocycles. The van der Waals surface area contributed by atoms with Crippen LogP contribution in [0.1, 0.15) is 29.0 Å². The van der Waals surface area contributed by atoms with Gasteiger partial charge in [-0.25, -0.2) is 9.97 Å². The molecule has 25 heavy (non-hydrogen) atoms. The fourth-order valence-corrected chi connectivity index (χ4v) is 3.34. The lowest BCUT2D eigenvalue weighted by molar-refractivity contribution is 0.0947. The zero-order valence-electron chi connectivity index (χ0n) is 13.5. The molecule has 1 aliphatic rings. The predicted octanol–water partition coefficient (Wildman–Crippen LogP) is 3.32. The van der Waals surface area contributed by atoms with Crippen molar-refractivity contribution in [3.05, 3.63) is 47.9 Å². The first-order chi connectivity index (χ1) is 12.1. The number of amides is 1. The molecular weight excluding hydrogens is 346 g/mol. The van der Waals surface area contributed by atoms with Gasteiger partial charge in [0.2, 0.25) is 0 Å². The van der Waals surface area contributed by atoms with Crippen molar-refractivity contribution in [2.45, 2.75) is 30.0 Å². The fraction of sp³-hybridized carbons (Fsp3) is 0.353. The van der Waals surface area contributed by atoms with Crippen molar-refractivity contribution in [3.63, 3.8) is 0 Å². The number of nitrogens with zero attached hydrogens (tertiary/aromatic N) is 3. The Morgan fingerprint density at radius 3 is 2.76 bits per heavy atom. The summed E-state index contributed by atoms with van der Waals surface area (Å²) in [6, 6.07) is 8.17. The minimum Gasteiger partial charge on any atom is -0.357 e. The van der Waals surface area contributed by atoms with Crippen LogP contribution in [0, 0.1) is 0 Å². The summed E-state index contributed by atoms with van der Waals surface area (Å²) in [6.45, 7) is 2.09. The lowest BCUT2D eigenvalue weighted by atomic mass is 10.2. The Kier molecular flexibility index (Phi) is 5.80. The Balaban J connectivity index is 1.66. The van der Waals surface area contributed by atoms with Gasteiger partial charge >= 0.3 is 0 Å². The molecule has 0 unspecified atom stereocenters. The molecule has 0 saturated carbocycles. The van der Waals surface area contributed by atoms with E-state index in [-0.39, 0.29) is 17.0 Å². The third kappa shape index (κ3) is 4.66. The van der Waals surface area contributed by atoms with Crippen LogP contribution in [0.4, 0.5) is 14.6 Å². The largest absolute Gasteiger partial charge is 0.357 e. The third-order valence-corrected chi connectivity index (χ3v) is 4.66. The number of alkyl halides is 2. The number of hydrogen-bond acceptors (Lipinski definition) is 5. The smallest absolute Gasteiger partial charge is 0.288 e. The molecule has 2 heterocycles. The highest BCUT2D eigenvalue weighted by Crippen LogP contribution is 2.28. The number of aromatic nitrogens is 2. The molecule has 1 amide bonds. The van der Waals surface area contributed by atoms with E-state index in [1.807, 2.05) is 6.07 Å². The SMILES string of the molecule is O=C(NCc1nccc(N2CCCC2)n1)c1ccccc1SC(F)F. The Bertz CT molecular complexity index is 738. The zero-order chi connectivity index (χ0) is 17.6. The summed E-state index contributed by atoms with van der Waals surface area (Å²) < 4.78 is 25.2. The summed E-state index contributed by atoms with van der Waals surface area (Å²) in [5, 5.41) is 2.71. The average Bonchev–Trinajstić information content (AvgIpc) is 3.15. The van der Waals surface area contributed by atoms with E-state index in [2.05, 4.69) is 20.2 Å². The minimum absolute atomic E-state index is 0.147. The molecule has 0 radical (unpaired) electrons. The second-order valence-electron chi connectivity index (χ2n) is 5.58. The molecule has 0 atom stereocenters. The molecule has 3 rings (SSSR count). The number of benzene rings is 1. The van der Waals surface area contributed by atoms with Crippen molar-refractivity contribution in [1.29, 1.82) is 0 Å². The van der Waals surface area contributed by atoms with Gasteiger partial charge in [-0.2, -0.15) is 8.78 Å². The van der Waals surface area contributed by atoms with E-state index in [1.54, 1.807) is 18.3 Å². The normalized spacial score (nSPS) is 14.1. The predicted molar refractivity (Wildman–Crippen MR) is 93.0 cm³/mol. The maximum Gasteiger partial charge on any atom is 0.288 e. The molecule has 1 saturated heterocycles. The number of rotatable bonds is 6. The first kappa shape index (κ1) is 17.6. The molecule has 5 nitrogen and oxygen atoms in total. The molecule has 1 aromatic carbocycles. The van der Waals surface area contributed by atoms with Gasteiger partial charge in [0.1, 0.15) is 11.6 Å². The highest BCUT2D eigenvalue weighted by Gasteiger charge is 2.16. The van der Waals surface area contributed by atoms with Gasteiger partial charge in [0.25, 0.3) is 11.7 Å². The highest BCUT2D eigenvalue weighted by molar-refractivity contribution is 7.99. The molecule has 8 heteroatoms. The van der Waals surface area contributed by atoms with Crippen LogP contribution in [0.5, 0.6) is 0 Å². The van der Waals surface area contributed by atoms with Crippen molar-refractivity contribution < 1.29 is 13.6 Å². The quantitative estimate of drug-likeness (QED) is 0.797. The first-order valence-corrected chi connectivity index (χ1v) is 8.90. The van der Waals surface area contributed by atoms with E-state index in [1.165, 1.54) is 12.1 Å². The molecule has 0 spiro atoms. The van der Waals surface area contributed by atoms with Gasteiger partial charge in [0.05, 0.1) is 12.1 Å². The Morgan fingerprint density at radius 1 is 1.24 bits per heavy atom. The number of carbonyl (C=O) groups excluding carboxylic acids is 1. The topological polar surface area (TPSA) is 58.1 Å². The lowest BCUT2D eigenvalue weighted by Crippen LogP contribution is -2.25. The van der Waals surface area contributed by atoms with Crippen LogP contribution in [-0.4, -0.2) is 34.7 Å². The van der Waals surface area contributed by atoms with Gasteiger partial charge in [-0.05, 0) is 31.0 Å². The molecule has 0 bridgehead atoms. The molecular formula is C17H18F2N4OS. The molecule has 132 valence electrons. The second-order valence-corrected chi connectivity index (χ2v) is 6.61. The fourth-order valence-electron chi connectivity index (χ4n) is 2.70. The van der Waals surface area contributed by atoms with Crippen LogP contribution in [0.25, 0.3) is 0 Å². The molecule has 1 N–H and O–H groups in total. The van der Waals surface area contributed by atoms with E-state index in [0.717, 1.165) is 31.7 Å². The molecule has 1 aliphatic heterocycles.